The zero-order valence-corrected chi connectivity index (χ0v) is 16.1. The van der Waals surface area contributed by atoms with E-state index in [0.29, 0.717) is 24.4 Å². The number of carbonyl (C=O) groups is 2. The topological polar surface area (TPSA) is 95.6 Å². The quantitative estimate of drug-likeness (QED) is 0.724. The van der Waals surface area contributed by atoms with Gasteiger partial charge in [-0.2, -0.15) is 4.31 Å². The van der Waals surface area contributed by atoms with Crippen molar-refractivity contribution in [2.45, 2.75) is 50.5 Å². The van der Waals surface area contributed by atoms with Gasteiger partial charge in [0.1, 0.15) is 0 Å². The largest absolute Gasteiger partial charge is 0.348 e. The van der Waals surface area contributed by atoms with Crippen molar-refractivity contribution in [1.82, 2.24) is 14.9 Å². The Morgan fingerprint density at radius 3 is 2.42 bits per heavy atom. The molecular formula is C18H27N3O4S. The van der Waals surface area contributed by atoms with Crippen molar-refractivity contribution in [2.24, 2.45) is 0 Å². The molecule has 0 aliphatic carbocycles. The summed E-state index contributed by atoms with van der Waals surface area (Å²) in [5, 5.41) is 5.00. The fourth-order valence-electron chi connectivity index (χ4n) is 3.10. The predicted octanol–water partition coefficient (Wildman–Crippen LogP) is 1.18. The third kappa shape index (κ3) is 5.04. The van der Waals surface area contributed by atoms with Crippen LogP contribution in [0.15, 0.2) is 29.2 Å². The van der Waals surface area contributed by atoms with E-state index in [1.54, 1.807) is 35.5 Å². The van der Waals surface area contributed by atoms with Crippen LogP contribution >= 0.6 is 0 Å². The lowest BCUT2D eigenvalue weighted by atomic mass is 10.0. The molecule has 1 aliphatic heterocycles. The summed E-state index contributed by atoms with van der Waals surface area (Å²) in [6.45, 7) is 4.78. The Hall–Kier alpha value is -1.93. The van der Waals surface area contributed by atoms with E-state index in [1.807, 2.05) is 6.92 Å². The van der Waals surface area contributed by atoms with Crippen LogP contribution in [0.3, 0.4) is 0 Å². The van der Waals surface area contributed by atoms with E-state index in [0.717, 1.165) is 24.8 Å². The van der Waals surface area contributed by atoms with Crippen molar-refractivity contribution < 1.29 is 18.0 Å². The van der Waals surface area contributed by atoms with Gasteiger partial charge in [-0.25, -0.2) is 8.42 Å². The second-order valence-corrected chi connectivity index (χ2v) is 8.37. The van der Waals surface area contributed by atoms with Crippen LogP contribution in [-0.4, -0.2) is 50.2 Å². The summed E-state index contributed by atoms with van der Waals surface area (Å²) in [5.74, 6) is -1.35. The zero-order valence-electron chi connectivity index (χ0n) is 15.3. The highest BCUT2D eigenvalue weighted by atomic mass is 32.2. The molecule has 0 spiro atoms. The maximum atomic E-state index is 13.0. The van der Waals surface area contributed by atoms with Gasteiger partial charge in [-0.15, -0.1) is 0 Å². The number of carbonyl (C=O) groups excluding carboxylic acids is 2. The molecule has 1 fully saturated rings. The molecule has 0 radical (unpaired) electrons. The van der Waals surface area contributed by atoms with Crippen LogP contribution in [0.1, 0.15) is 38.2 Å². The minimum atomic E-state index is -3.56. The summed E-state index contributed by atoms with van der Waals surface area (Å²) in [6.07, 6.45) is 3.01. The van der Waals surface area contributed by atoms with Gasteiger partial charge in [0.15, 0.2) is 0 Å². The second kappa shape index (κ2) is 9.14. The first-order valence-corrected chi connectivity index (χ1v) is 10.4. The summed E-state index contributed by atoms with van der Waals surface area (Å²) >= 11 is 0. The van der Waals surface area contributed by atoms with Gasteiger partial charge in [0.05, 0.1) is 4.90 Å². The van der Waals surface area contributed by atoms with Crippen LogP contribution in [0.5, 0.6) is 0 Å². The first-order valence-electron chi connectivity index (χ1n) is 9.00. The molecule has 7 nitrogen and oxygen atoms in total. The van der Waals surface area contributed by atoms with Crippen molar-refractivity contribution in [2.75, 3.05) is 19.6 Å². The van der Waals surface area contributed by atoms with Crippen molar-refractivity contribution in [1.29, 1.82) is 0 Å². The second-order valence-electron chi connectivity index (χ2n) is 6.48. The zero-order chi connectivity index (χ0) is 19.2. The molecule has 2 N–H and O–H groups in total. The normalized spacial score (nSPS) is 18.3. The summed E-state index contributed by atoms with van der Waals surface area (Å²) in [5.41, 5.74) is 1.01. The lowest BCUT2D eigenvalue weighted by Gasteiger charge is -2.34. The Kier molecular flexibility index (Phi) is 7.16. The molecule has 1 aromatic rings. The van der Waals surface area contributed by atoms with Gasteiger partial charge in [0.25, 0.3) is 0 Å². The highest BCUT2D eigenvalue weighted by Gasteiger charge is 2.33. The number of likely N-dealkylation sites (N-methyl/N-ethyl adjacent to an activating group) is 1. The number of sulfonamides is 1. The number of nitrogens with zero attached hydrogens (tertiary/aromatic N) is 1. The summed E-state index contributed by atoms with van der Waals surface area (Å²) in [4.78, 5) is 23.4. The van der Waals surface area contributed by atoms with E-state index in [9.17, 15) is 18.0 Å². The van der Waals surface area contributed by atoms with Gasteiger partial charge >= 0.3 is 11.8 Å². The van der Waals surface area contributed by atoms with Gasteiger partial charge in [0.2, 0.25) is 10.0 Å². The van der Waals surface area contributed by atoms with E-state index in [1.165, 1.54) is 0 Å². The Morgan fingerprint density at radius 2 is 1.77 bits per heavy atom. The molecule has 1 unspecified atom stereocenters. The maximum absolute atomic E-state index is 13.0. The van der Waals surface area contributed by atoms with Crippen molar-refractivity contribution >= 4 is 21.8 Å². The number of benzene rings is 1. The molecule has 1 aromatic carbocycles. The van der Waals surface area contributed by atoms with Crippen molar-refractivity contribution in [3.8, 4) is 0 Å². The van der Waals surface area contributed by atoms with E-state index in [-0.39, 0.29) is 12.6 Å². The van der Waals surface area contributed by atoms with Crippen LogP contribution in [0.25, 0.3) is 0 Å². The molecule has 2 rings (SSSR count). The van der Waals surface area contributed by atoms with Crippen LogP contribution in [-0.2, 0) is 19.6 Å². The smallest absolute Gasteiger partial charge is 0.309 e. The molecule has 0 aromatic heterocycles. The molecule has 2 amide bonds. The first-order chi connectivity index (χ1) is 12.4. The van der Waals surface area contributed by atoms with Crippen LogP contribution in [0.4, 0.5) is 0 Å². The molecule has 1 atom stereocenters. The molecular weight excluding hydrogens is 354 g/mol. The average Bonchev–Trinajstić information content (AvgIpc) is 2.62. The fourth-order valence-corrected chi connectivity index (χ4v) is 4.82. The summed E-state index contributed by atoms with van der Waals surface area (Å²) < 4.78 is 27.5. The third-order valence-electron chi connectivity index (χ3n) is 4.51. The van der Waals surface area contributed by atoms with E-state index >= 15 is 0 Å². The molecule has 0 saturated carbocycles. The number of amides is 2. The molecule has 8 heteroatoms. The third-order valence-corrected chi connectivity index (χ3v) is 6.47. The molecule has 1 saturated heterocycles. The number of piperidine rings is 1. The Balaban J connectivity index is 2.02. The lowest BCUT2D eigenvalue weighted by Crippen LogP contribution is -2.46. The minimum absolute atomic E-state index is 0.176. The van der Waals surface area contributed by atoms with Gasteiger partial charge in [0, 0.05) is 25.7 Å². The number of nitrogens with one attached hydrogen (secondary N) is 2. The van der Waals surface area contributed by atoms with E-state index < -0.39 is 21.8 Å². The summed E-state index contributed by atoms with van der Waals surface area (Å²) in [6, 6.07) is 6.67. The maximum Gasteiger partial charge on any atom is 0.309 e. The predicted molar refractivity (Wildman–Crippen MR) is 99.0 cm³/mol. The first kappa shape index (κ1) is 20.4. The standard InChI is InChI=1S/C18H27N3O4S/c1-3-19-17(22)18(23)20-12-11-15-6-4-5-13-21(15)26(24,25)16-9-7-14(2)8-10-16/h7-10,15H,3-6,11-13H2,1-2H3,(H,19,22)(H,20,23). The highest BCUT2D eigenvalue weighted by molar-refractivity contribution is 7.89. The number of rotatable bonds is 6. The highest BCUT2D eigenvalue weighted by Crippen LogP contribution is 2.27. The van der Waals surface area contributed by atoms with Gasteiger partial charge in [-0.05, 0) is 45.2 Å². The van der Waals surface area contributed by atoms with E-state index in [4.69, 9.17) is 0 Å². The Labute approximate surface area is 155 Å². The summed E-state index contributed by atoms with van der Waals surface area (Å²) in [7, 11) is -3.56. The number of hydrogen-bond donors (Lipinski definition) is 2. The minimum Gasteiger partial charge on any atom is -0.348 e. The molecule has 1 heterocycles. The monoisotopic (exact) mass is 381 g/mol. The van der Waals surface area contributed by atoms with Crippen LogP contribution < -0.4 is 10.6 Å². The molecule has 0 bridgehead atoms. The SMILES string of the molecule is CCNC(=O)C(=O)NCCC1CCCCN1S(=O)(=O)c1ccc(C)cc1. The van der Waals surface area contributed by atoms with Gasteiger partial charge in [-0.1, -0.05) is 24.1 Å². The van der Waals surface area contributed by atoms with Gasteiger partial charge < -0.3 is 10.6 Å². The fraction of sp³-hybridized carbons (Fsp3) is 0.556. The van der Waals surface area contributed by atoms with Crippen LogP contribution in [0, 0.1) is 6.92 Å². The van der Waals surface area contributed by atoms with Gasteiger partial charge in [-0.3, -0.25) is 9.59 Å². The average molecular weight is 381 g/mol. The Bertz CT molecular complexity index is 731. The lowest BCUT2D eigenvalue weighted by molar-refractivity contribution is -0.139. The Morgan fingerprint density at radius 1 is 1.12 bits per heavy atom. The van der Waals surface area contributed by atoms with Crippen molar-refractivity contribution in [3.05, 3.63) is 29.8 Å². The molecule has 144 valence electrons. The van der Waals surface area contributed by atoms with Crippen molar-refractivity contribution in [3.63, 3.8) is 0 Å². The molecule has 26 heavy (non-hydrogen) atoms. The number of hydrogen-bond acceptors (Lipinski definition) is 4. The number of aryl methyl sites for hydroxylation is 1. The molecule has 1 aliphatic rings. The van der Waals surface area contributed by atoms with Crippen LogP contribution in [0.2, 0.25) is 0 Å². The van der Waals surface area contributed by atoms with E-state index in [2.05, 4.69) is 10.6 Å².